The third-order valence-corrected chi connectivity index (χ3v) is 3.12. The zero-order chi connectivity index (χ0) is 12.8. The first-order valence-corrected chi connectivity index (χ1v) is 6.10. The van der Waals surface area contributed by atoms with Crippen LogP contribution in [0.1, 0.15) is 37.0 Å². The van der Waals surface area contributed by atoms with Gasteiger partial charge in [-0.05, 0) is 5.92 Å². The monoisotopic (exact) mass is 238 g/mol. The van der Waals surface area contributed by atoms with E-state index in [1.54, 1.807) is 24.1 Å². The molecule has 0 saturated heterocycles. The maximum atomic E-state index is 11.7. The number of rotatable bonds is 6. The molecular formula is C12H22N4O. The van der Waals surface area contributed by atoms with Crippen LogP contribution >= 0.6 is 0 Å². The lowest BCUT2D eigenvalue weighted by atomic mass is 9.95. The fourth-order valence-corrected chi connectivity index (χ4v) is 1.91. The summed E-state index contributed by atoms with van der Waals surface area (Å²) in [6, 6.07) is 0.0191. The summed E-state index contributed by atoms with van der Waals surface area (Å²) >= 11 is 0. The molecule has 1 heterocycles. The van der Waals surface area contributed by atoms with Gasteiger partial charge in [0.2, 0.25) is 0 Å². The molecule has 0 saturated carbocycles. The molecule has 5 heteroatoms. The van der Waals surface area contributed by atoms with Gasteiger partial charge < -0.3 is 11.1 Å². The maximum Gasteiger partial charge on any atom is 0.254 e. The highest BCUT2D eigenvalue weighted by atomic mass is 16.1. The Morgan fingerprint density at radius 2 is 2.18 bits per heavy atom. The van der Waals surface area contributed by atoms with E-state index in [4.69, 9.17) is 5.73 Å². The third-order valence-electron chi connectivity index (χ3n) is 3.12. The van der Waals surface area contributed by atoms with Crippen LogP contribution in [0.2, 0.25) is 0 Å². The molecule has 5 nitrogen and oxygen atoms in total. The molecule has 96 valence electrons. The summed E-state index contributed by atoms with van der Waals surface area (Å²) in [5.41, 5.74) is 6.61. The largest absolute Gasteiger partial charge is 0.350 e. The SMILES string of the molecule is CCC(CC)C(N)CNC(=O)c1cnn(C)c1. The molecule has 1 amide bonds. The van der Waals surface area contributed by atoms with Crippen molar-refractivity contribution >= 4 is 5.91 Å². The van der Waals surface area contributed by atoms with Gasteiger partial charge in [0.15, 0.2) is 0 Å². The van der Waals surface area contributed by atoms with E-state index >= 15 is 0 Å². The van der Waals surface area contributed by atoms with E-state index in [0.29, 0.717) is 18.0 Å². The number of carbonyl (C=O) groups is 1. The zero-order valence-corrected chi connectivity index (χ0v) is 10.8. The third kappa shape index (κ3) is 3.85. The van der Waals surface area contributed by atoms with Crippen molar-refractivity contribution in [2.24, 2.45) is 18.7 Å². The number of hydrogen-bond acceptors (Lipinski definition) is 3. The van der Waals surface area contributed by atoms with Crippen molar-refractivity contribution in [3.8, 4) is 0 Å². The van der Waals surface area contributed by atoms with E-state index < -0.39 is 0 Å². The Labute approximate surface area is 102 Å². The minimum Gasteiger partial charge on any atom is -0.350 e. The fraction of sp³-hybridized carbons (Fsp3) is 0.667. The van der Waals surface area contributed by atoms with Crippen LogP contribution in [-0.2, 0) is 7.05 Å². The minimum absolute atomic E-state index is 0.0191. The van der Waals surface area contributed by atoms with Crippen LogP contribution in [-0.4, -0.2) is 28.3 Å². The first-order valence-electron chi connectivity index (χ1n) is 6.10. The predicted octanol–water partition coefficient (Wildman–Crippen LogP) is 0.913. The second-order valence-electron chi connectivity index (χ2n) is 4.35. The highest BCUT2D eigenvalue weighted by Gasteiger charge is 2.15. The lowest BCUT2D eigenvalue weighted by Crippen LogP contribution is -2.41. The van der Waals surface area contributed by atoms with Crippen LogP contribution in [0.5, 0.6) is 0 Å². The van der Waals surface area contributed by atoms with E-state index in [9.17, 15) is 4.79 Å². The normalized spacial score (nSPS) is 12.8. The molecular weight excluding hydrogens is 216 g/mol. The van der Waals surface area contributed by atoms with Gasteiger partial charge in [-0.3, -0.25) is 9.48 Å². The standard InChI is InChI=1S/C12H22N4O/c1-4-9(5-2)11(13)7-14-12(17)10-6-15-16(3)8-10/h6,8-9,11H,4-5,7,13H2,1-3H3,(H,14,17). The smallest absolute Gasteiger partial charge is 0.254 e. The summed E-state index contributed by atoms with van der Waals surface area (Å²) in [5.74, 6) is 0.351. The van der Waals surface area contributed by atoms with Crippen LogP contribution in [0, 0.1) is 5.92 Å². The molecule has 1 aromatic rings. The molecule has 0 aromatic carbocycles. The van der Waals surface area contributed by atoms with Crippen LogP contribution in [0.4, 0.5) is 0 Å². The molecule has 0 spiro atoms. The molecule has 0 bridgehead atoms. The Bertz CT molecular complexity index is 357. The van der Waals surface area contributed by atoms with Gasteiger partial charge in [-0.15, -0.1) is 0 Å². The molecule has 1 atom stereocenters. The minimum atomic E-state index is -0.112. The Balaban J connectivity index is 2.43. The number of nitrogens with two attached hydrogens (primary N) is 1. The molecule has 0 aliphatic rings. The van der Waals surface area contributed by atoms with Crippen LogP contribution < -0.4 is 11.1 Å². The molecule has 0 aliphatic carbocycles. The van der Waals surface area contributed by atoms with Crippen molar-refractivity contribution in [1.29, 1.82) is 0 Å². The highest BCUT2D eigenvalue weighted by Crippen LogP contribution is 2.10. The van der Waals surface area contributed by atoms with E-state index in [1.165, 1.54) is 0 Å². The van der Waals surface area contributed by atoms with Crippen LogP contribution in [0.25, 0.3) is 0 Å². The molecule has 1 rings (SSSR count). The van der Waals surface area contributed by atoms with Gasteiger partial charge in [-0.1, -0.05) is 26.7 Å². The Kier molecular flexibility index (Phi) is 5.15. The van der Waals surface area contributed by atoms with Crippen molar-refractivity contribution in [2.45, 2.75) is 32.7 Å². The number of aromatic nitrogens is 2. The van der Waals surface area contributed by atoms with Gasteiger partial charge in [0, 0.05) is 25.8 Å². The number of aryl methyl sites for hydroxylation is 1. The zero-order valence-electron chi connectivity index (χ0n) is 10.8. The topological polar surface area (TPSA) is 72.9 Å². The molecule has 0 fully saturated rings. The van der Waals surface area contributed by atoms with Gasteiger partial charge in [0.05, 0.1) is 11.8 Å². The number of nitrogens with one attached hydrogen (secondary N) is 1. The van der Waals surface area contributed by atoms with Crippen molar-refractivity contribution in [3.05, 3.63) is 18.0 Å². The van der Waals surface area contributed by atoms with E-state index in [-0.39, 0.29) is 11.9 Å². The number of nitrogens with zero attached hydrogens (tertiary/aromatic N) is 2. The van der Waals surface area contributed by atoms with Gasteiger partial charge in [-0.2, -0.15) is 5.10 Å². The van der Waals surface area contributed by atoms with Crippen molar-refractivity contribution < 1.29 is 4.79 Å². The molecule has 1 aromatic heterocycles. The first-order chi connectivity index (χ1) is 8.08. The lowest BCUT2D eigenvalue weighted by Gasteiger charge is -2.21. The van der Waals surface area contributed by atoms with Crippen LogP contribution in [0.15, 0.2) is 12.4 Å². The fourth-order valence-electron chi connectivity index (χ4n) is 1.91. The van der Waals surface area contributed by atoms with Crippen LogP contribution in [0.3, 0.4) is 0 Å². The molecule has 0 aliphatic heterocycles. The summed E-state index contributed by atoms with van der Waals surface area (Å²) in [6.07, 6.45) is 5.33. The lowest BCUT2D eigenvalue weighted by molar-refractivity contribution is 0.0948. The number of carbonyl (C=O) groups excluding carboxylic acids is 1. The average Bonchev–Trinajstić information content (AvgIpc) is 2.74. The maximum absolute atomic E-state index is 11.7. The summed E-state index contributed by atoms with van der Waals surface area (Å²) in [4.78, 5) is 11.7. The summed E-state index contributed by atoms with van der Waals surface area (Å²) in [7, 11) is 1.78. The second kappa shape index (κ2) is 6.39. The number of hydrogen-bond donors (Lipinski definition) is 2. The predicted molar refractivity (Wildman–Crippen MR) is 67.6 cm³/mol. The van der Waals surface area contributed by atoms with Crippen molar-refractivity contribution in [3.63, 3.8) is 0 Å². The molecule has 3 N–H and O–H groups in total. The van der Waals surface area contributed by atoms with Crippen molar-refractivity contribution in [2.75, 3.05) is 6.54 Å². The average molecular weight is 238 g/mol. The highest BCUT2D eigenvalue weighted by molar-refractivity contribution is 5.93. The molecule has 1 unspecified atom stereocenters. The summed E-state index contributed by atoms with van der Waals surface area (Å²) < 4.78 is 1.61. The Morgan fingerprint density at radius 1 is 1.53 bits per heavy atom. The van der Waals surface area contributed by atoms with E-state index in [0.717, 1.165) is 12.8 Å². The quantitative estimate of drug-likeness (QED) is 0.774. The Morgan fingerprint density at radius 3 is 2.65 bits per heavy atom. The van der Waals surface area contributed by atoms with Gasteiger partial charge in [-0.25, -0.2) is 0 Å². The second-order valence-corrected chi connectivity index (χ2v) is 4.35. The summed E-state index contributed by atoms with van der Waals surface area (Å²) in [5, 5.41) is 6.80. The van der Waals surface area contributed by atoms with Gasteiger partial charge in [0.25, 0.3) is 5.91 Å². The molecule has 0 radical (unpaired) electrons. The Hall–Kier alpha value is -1.36. The van der Waals surface area contributed by atoms with E-state index in [2.05, 4.69) is 24.3 Å². The summed E-state index contributed by atoms with van der Waals surface area (Å²) in [6.45, 7) is 4.76. The number of amides is 1. The van der Waals surface area contributed by atoms with Gasteiger partial charge in [0.1, 0.15) is 0 Å². The first kappa shape index (κ1) is 13.7. The molecule has 17 heavy (non-hydrogen) atoms. The van der Waals surface area contributed by atoms with Crippen molar-refractivity contribution in [1.82, 2.24) is 15.1 Å². The van der Waals surface area contributed by atoms with E-state index in [1.807, 2.05) is 0 Å². The van der Waals surface area contributed by atoms with Gasteiger partial charge >= 0.3 is 0 Å².